The fourth-order valence-electron chi connectivity index (χ4n) is 0.0962. The van der Waals surface area contributed by atoms with Gasteiger partial charge < -0.3 is 7.58 Å². The van der Waals surface area contributed by atoms with Crippen LogP contribution in [0.4, 0.5) is 0 Å². The minimum Gasteiger partial charge on any atom is -0.620 e. The van der Waals surface area contributed by atoms with E-state index in [0.29, 0.717) is 0 Å². The molecule has 0 aliphatic carbocycles. The minimum absolute atomic E-state index is 1.04. The molecule has 0 spiro atoms. The third-order valence-corrected chi connectivity index (χ3v) is 0.809. The number of carbonyl (C=O) groups is 2. The van der Waals surface area contributed by atoms with Crippen LogP contribution in [0.25, 0.3) is 0 Å². The first-order valence-electron chi connectivity index (χ1n) is 1.54. The van der Waals surface area contributed by atoms with Crippen LogP contribution in [-0.2, 0) is 17.2 Å². The van der Waals surface area contributed by atoms with Crippen molar-refractivity contribution in [1.29, 1.82) is 0 Å². The molecule has 0 amide bonds. The van der Waals surface area contributed by atoms with Crippen LogP contribution in [0, 0.1) is 0 Å². The van der Waals surface area contributed by atoms with Crippen LogP contribution in [0.2, 0.25) is 0 Å². The van der Waals surface area contributed by atoms with Gasteiger partial charge in [0.05, 0.1) is 0 Å². The van der Waals surface area contributed by atoms with E-state index in [4.69, 9.17) is 0 Å². The molecule has 4 radical (unpaired) electrons. The Balaban J connectivity index is 3.64. The molecular weight excluding hydrogens is 142 g/mol. The zero-order chi connectivity index (χ0) is 6.57. The molecule has 0 fully saturated rings. The van der Waals surface area contributed by atoms with Crippen LogP contribution in [0.5, 0.6) is 0 Å². The second kappa shape index (κ2) is 3.94. The predicted molar refractivity (Wildman–Crippen MR) is 23.7 cm³/mol. The van der Waals surface area contributed by atoms with Crippen molar-refractivity contribution in [1.82, 2.24) is 0 Å². The van der Waals surface area contributed by atoms with Crippen molar-refractivity contribution in [2.24, 2.45) is 0 Å². The second-order valence-electron chi connectivity index (χ2n) is 0.811. The van der Waals surface area contributed by atoms with Crippen LogP contribution in [0.15, 0.2) is 0 Å². The van der Waals surface area contributed by atoms with Crippen LogP contribution >= 0.6 is 0 Å². The molecular formula is C2Al2O4. The standard InChI is InChI=1S/C2H2O4.2Al/c3-1(4)2(5)6;;/h(H,3,4)(H,5,6);;/q;2*+1/p-2. The Morgan fingerprint density at radius 2 is 1.25 bits per heavy atom. The van der Waals surface area contributed by atoms with Gasteiger partial charge in [-0.25, -0.2) is 9.59 Å². The quantitative estimate of drug-likeness (QED) is 0.297. The summed E-state index contributed by atoms with van der Waals surface area (Å²) in [6.45, 7) is 0. The molecule has 8 heavy (non-hydrogen) atoms. The van der Waals surface area contributed by atoms with Crippen LogP contribution in [0.1, 0.15) is 0 Å². The fourth-order valence-corrected chi connectivity index (χ4v) is 0.289. The Hall–Kier alpha value is 0.00494. The smallest absolute Gasteiger partial charge is 0.485 e. The van der Waals surface area contributed by atoms with Crippen molar-refractivity contribution in [2.45, 2.75) is 0 Å². The average Bonchev–Trinajstić information content (AvgIpc) is 1.84. The molecule has 0 aliphatic heterocycles. The van der Waals surface area contributed by atoms with E-state index in [1.54, 1.807) is 33.2 Å². The highest BCUT2D eigenvalue weighted by Gasteiger charge is 2.08. The first-order chi connectivity index (χ1) is 3.72. The van der Waals surface area contributed by atoms with Gasteiger partial charge in [-0.1, -0.05) is 0 Å². The summed E-state index contributed by atoms with van der Waals surface area (Å²) in [5.41, 5.74) is 0. The molecule has 0 N–H and O–H groups in total. The highest BCUT2D eigenvalue weighted by Crippen LogP contribution is 1.74. The maximum atomic E-state index is 10.0. The van der Waals surface area contributed by atoms with E-state index in [-0.39, 0.29) is 0 Å². The Morgan fingerprint density at radius 3 is 1.38 bits per heavy atom. The van der Waals surface area contributed by atoms with E-state index < -0.39 is 11.9 Å². The van der Waals surface area contributed by atoms with Crippen molar-refractivity contribution < 1.29 is 17.2 Å². The SMILES string of the molecule is O=C([O][Al])C(=O)[O][Al]. The van der Waals surface area contributed by atoms with Crippen LogP contribution < -0.4 is 0 Å². The lowest BCUT2D eigenvalue weighted by atomic mass is 10.7. The first kappa shape index (κ1) is 8.00. The molecule has 0 saturated carbocycles. The van der Waals surface area contributed by atoms with E-state index in [0.717, 1.165) is 0 Å². The summed E-state index contributed by atoms with van der Waals surface area (Å²) in [4.78, 5) is 20.0. The van der Waals surface area contributed by atoms with Crippen molar-refractivity contribution in [2.75, 3.05) is 0 Å². The second-order valence-corrected chi connectivity index (χ2v) is 1.28. The maximum Gasteiger partial charge on any atom is 0.485 e. The molecule has 0 aliphatic rings. The molecule has 0 unspecified atom stereocenters. The normalized spacial score (nSPS) is 7.50. The fraction of sp³-hybridized carbons (Fsp3) is 0. The van der Waals surface area contributed by atoms with Crippen molar-refractivity contribution >= 4 is 45.2 Å². The van der Waals surface area contributed by atoms with E-state index in [1.807, 2.05) is 0 Å². The highest BCUT2D eigenvalue weighted by atomic mass is 27.1. The van der Waals surface area contributed by atoms with E-state index in [2.05, 4.69) is 7.58 Å². The van der Waals surface area contributed by atoms with Gasteiger partial charge in [0.25, 0.3) is 0 Å². The summed E-state index contributed by atoms with van der Waals surface area (Å²) in [6, 6.07) is 0. The Labute approximate surface area is 62.7 Å². The maximum absolute atomic E-state index is 10.0. The Morgan fingerprint density at radius 1 is 1.00 bits per heavy atom. The lowest BCUT2D eigenvalue weighted by Crippen LogP contribution is -2.17. The van der Waals surface area contributed by atoms with Crippen LogP contribution in [-0.4, -0.2) is 45.2 Å². The summed E-state index contributed by atoms with van der Waals surface area (Å²) in [6.07, 6.45) is 0. The number of hydrogen-bond acceptors (Lipinski definition) is 4. The van der Waals surface area contributed by atoms with Gasteiger partial charge in [-0.15, -0.1) is 0 Å². The van der Waals surface area contributed by atoms with Gasteiger partial charge in [0.15, 0.2) is 0 Å². The van der Waals surface area contributed by atoms with Crippen molar-refractivity contribution in [3.63, 3.8) is 0 Å². The number of carbonyl (C=O) groups excluding carboxylic acids is 2. The third kappa shape index (κ3) is 2.35. The minimum atomic E-state index is -1.04. The van der Waals surface area contributed by atoms with Gasteiger partial charge in [-0.05, 0) is 0 Å². The lowest BCUT2D eigenvalue weighted by Gasteiger charge is -1.97. The molecule has 0 aromatic carbocycles. The molecule has 0 aromatic heterocycles. The lowest BCUT2D eigenvalue weighted by molar-refractivity contribution is -0.155. The van der Waals surface area contributed by atoms with Gasteiger partial charge in [-0.2, -0.15) is 0 Å². The molecule has 0 rings (SSSR count). The average molecular weight is 142 g/mol. The third-order valence-electron chi connectivity index (χ3n) is 0.381. The molecule has 6 heteroatoms. The largest absolute Gasteiger partial charge is 0.620 e. The van der Waals surface area contributed by atoms with Crippen LogP contribution in [0.3, 0.4) is 0 Å². The van der Waals surface area contributed by atoms with E-state index >= 15 is 0 Å². The molecule has 0 bridgehead atoms. The van der Waals surface area contributed by atoms with Gasteiger partial charge in [0.2, 0.25) is 0 Å². The van der Waals surface area contributed by atoms with Gasteiger partial charge >= 0.3 is 45.2 Å². The van der Waals surface area contributed by atoms with Gasteiger partial charge in [0.1, 0.15) is 0 Å². The first-order valence-corrected chi connectivity index (χ1v) is 2.48. The zero-order valence-electron chi connectivity index (χ0n) is 3.79. The van der Waals surface area contributed by atoms with Crippen molar-refractivity contribution in [3.05, 3.63) is 0 Å². The summed E-state index contributed by atoms with van der Waals surface area (Å²) in [5, 5.41) is 0. The van der Waals surface area contributed by atoms with E-state index in [9.17, 15) is 9.59 Å². The topological polar surface area (TPSA) is 52.6 Å². The van der Waals surface area contributed by atoms with Gasteiger partial charge in [-0.3, -0.25) is 0 Å². The predicted octanol–water partition coefficient (Wildman–Crippen LogP) is -1.76. The van der Waals surface area contributed by atoms with Crippen molar-refractivity contribution in [3.8, 4) is 0 Å². The molecule has 0 heterocycles. The molecule has 0 aromatic rings. The van der Waals surface area contributed by atoms with Gasteiger partial charge in [0, 0.05) is 0 Å². The summed E-state index contributed by atoms with van der Waals surface area (Å²) >= 11 is 3.26. The summed E-state index contributed by atoms with van der Waals surface area (Å²) < 4.78 is 7.79. The summed E-state index contributed by atoms with van der Waals surface area (Å²) in [7, 11) is 0. The molecule has 4 nitrogen and oxygen atoms in total. The molecule has 0 saturated heterocycles. The Bertz CT molecular complexity index is 96.6. The van der Waals surface area contributed by atoms with E-state index in [1.165, 1.54) is 0 Å². The highest BCUT2D eigenvalue weighted by molar-refractivity contribution is 6.36. The number of rotatable bonds is 0. The zero-order valence-corrected chi connectivity index (χ0v) is 6.10. The molecule has 38 valence electrons. The number of hydrogen-bond donors (Lipinski definition) is 0. The monoisotopic (exact) mass is 142 g/mol. The Kier molecular flexibility index (Phi) is 3.94. The summed E-state index contributed by atoms with van der Waals surface area (Å²) in [5.74, 6) is -2.07. The molecule has 0 atom stereocenters.